The molecule has 2 rings (SSSR count). The van der Waals surface area contributed by atoms with Crippen LogP contribution in [-0.2, 0) is 6.42 Å². The molecular formula is C16H13N3. The average molecular weight is 247 g/mol. The van der Waals surface area contributed by atoms with E-state index in [9.17, 15) is 0 Å². The Hall–Kier alpha value is -2.78. The van der Waals surface area contributed by atoms with Crippen molar-refractivity contribution in [2.75, 3.05) is 5.32 Å². The highest BCUT2D eigenvalue weighted by Crippen LogP contribution is 2.25. The first-order valence-electron chi connectivity index (χ1n) is 6.07. The normalized spacial score (nSPS) is 9.42. The van der Waals surface area contributed by atoms with Crippen molar-refractivity contribution in [3.63, 3.8) is 0 Å². The molecule has 0 aliphatic rings. The Labute approximate surface area is 112 Å². The molecule has 2 aromatic rings. The second kappa shape index (κ2) is 5.71. The number of nitrogens with one attached hydrogen (secondary N) is 1. The number of anilines is 2. The van der Waals surface area contributed by atoms with Crippen LogP contribution in [0.3, 0.4) is 0 Å². The van der Waals surface area contributed by atoms with Crippen LogP contribution in [0.4, 0.5) is 11.4 Å². The van der Waals surface area contributed by atoms with Crippen LogP contribution in [0, 0.1) is 22.7 Å². The molecule has 92 valence electrons. The number of para-hydroxylation sites is 1. The Morgan fingerprint density at radius 2 is 1.63 bits per heavy atom. The van der Waals surface area contributed by atoms with Crippen LogP contribution in [0.25, 0.3) is 0 Å². The summed E-state index contributed by atoms with van der Waals surface area (Å²) in [6, 6.07) is 17.3. The zero-order valence-electron chi connectivity index (χ0n) is 10.6. The largest absolute Gasteiger partial charge is 0.353 e. The van der Waals surface area contributed by atoms with Gasteiger partial charge in [-0.2, -0.15) is 10.5 Å². The topological polar surface area (TPSA) is 59.6 Å². The zero-order valence-corrected chi connectivity index (χ0v) is 10.6. The van der Waals surface area contributed by atoms with E-state index in [-0.39, 0.29) is 0 Å². The van der Waals surface area contributed by atoms with Crippen molar-refractivity contribution < 1.29 is 0 Å². The van der Waals surface area contributed by atoms with Crippen LogP contribution >= 0.6 is 0 Å². The van der Waals surface area contributed by atoms with E-state index >= 15 is 0 Å². The Bertz CT molecular complexity index is 643. The summed E-state index contributed by atoms with van der Waals surface area (Å²) < 4.78 is 0. The molecule has 0 heterocycles. The molecule has 0 saturated heterocycles. The third-order valence-corrected chi connectivity index (χ3v) is 2.91. The predicted octanol–water partition coefficient (Wildman–Crippen LogP) is 3.74. The van der Waals surface area contributed by atoms with E-state index in [1.165, 1.54) is 5.56 Å². The van der Waals surface area contributed by atoms with Gasteiger partial charge in [-0.15, -0.1) is 0 Å². The van der Waals surface area contributed by atoms with Gasteiger partial charge in [0.15, 0.2) is 0 Å². The number of benzene rings is 2. The molecule has 0 aliphatic heterocycles. The van der Waals surface area contributed by atoms with Crippen molar-refractivity contribution in [2.24, 2.45) is 0 Å². The molecule has 0 saturated carbocycles. The lowest BCUT2D eigenvalue weighted by Gasteiger charge is -2.10. The lowest BCUT2D eigenvalue weighted by Crippen LogP contribution is -1.97. The second-order valence-corrected chi connectivity index (χ2v) is 4.13. The van der Waals surface area contributed by atoms with Gasteiger partial charge in [-0.05, 0) is 36.2 Å². The maximum Gasteiger partial charge on any atom is 0.101 e. The summed E-state index contributed by atoms with van der Waals surface area (Å²) in [4.78, 5) is 0. The van der Waals surface area contributed by atoms with Gasteiger partial charge in [-0.3, -0.25) is 0 Å². The molecule has 1 N–H and O–H groups in total. The first-order chi connectivity index (χ1) is 9.28. The monoisotopic (exact) mass is 247 g/mol. The van der Waals surface area contributed by atoms with E-state index < -0.39 is 0 Å². The van der Waals surface area contributed by atoms with Crippen molar-refractivity contribution in [1.82, 2.24) is 0 Å². The fourth-order valence-corrected chi connectivity index (χ4v) is 1.89. The predicted molar refractivity (Wildman–Crippen MR) is 75.0 cm³/mol. The van der Waals surface area contributed by atoms with Crippen LogP contribution in [-0.4, -0.2) is 0 Å². The Kier molecular flexibility index (Phi) is 3.81. The van der Waals surface area contributed by atoms with Crippen LogP contribution < -0.4 is 5.32 Å². The molecule has 0 spiro atoms. The molecule has 0 unspecified atom stereocenters. The molecule has 0 radical (unpaired) electrons. The van der Waals surface area contributed by atoms with E-state index in [4.69, 9.17) is 10.5 Å². The number of nitriles is 2. The Balaban J connectivity index is 2.43. The van der Waals surface area contributed by atoms with Gasteiger partial charge in [0.1, 0.15) is 12.1 Å². The minimum atomic E-state index is 0.473. The third-order valence-electron chi connectivity index (χ3n) is 2.91. The second-order valence-electron chi connectivity index (χ2n) is 4.13. The quantitative estimate of drug-likeness (QED) is 0.898. The SMILES string of the molecule is CCc1cccc(Nc2c(C#N)cccc2C#N)c1. The van der Waals surface area contributed by atoms with Gasteiger partial charge in [0.25, 0.3) is 0 Å². The van der Waals surface area contributed by atoms with Crippen LogP contribution in [0.15, 0.2) is 42.5 Å². The lowest BCUT2D eigenvalue weighted by molar-refractivity contribution is 1.14. The highest BCUT2D eigenvalue weighted by atomic mass is 14.9. The van der Waals surface area contributed by atoms with Crippen molar-refractivity contribution in [1.29, 1.82) is 10.5 Å². The van der Waals surface area contributed by atoms with Gasteiger partial charge in [-0.25, -0.2) is 0 Å². The summed E-state index contributed by atoms with van der Waals surface area (Å²) in [5.41, 5.74) is 3.61. The van der Waals surface area contributed by atoms with E-state index in [0.29, 0.717) is 16.8 Å². The highest BCUT2D eigenvalue weighted by molar-refractivity contribution is 5.73. The summed E-state index contributed by atoms with van der Waals surface area (Å²) in [5, 5.41) is 21.4. The van der Waals surface area contributed by atoms with Gasteiger partial charge < -0.3 is 5.32 Å². The summed E-state index contributed by atoms with van der Waals surface area (Å²) in [5.74, 6) is 0. The van der Waals surface area contributed by atoms with E-state index in [1.807, 2.05) is 24.3 Å². The molecule has 0 fully saturated rings. The smallest absolute Gasteiger partial charge is 0.101 e. The average Bonchev–Trinajstić information content (AvgIpc) is 2.47. The van der Waals surface area contributed by atoms with Gasteiger partial charge in [0, 0.05) is 5.69 Å². The van der Waals surface area contributed by atoms with Crippen LogP contribution in [0.2, 0.25) is 0 Å². The Morgan fingerprint density at radius 1 is 1.00 bits per heavy atom. The molecule has 19 heavy (non-hydrogen) atoms. The number of hydrogen-bond donors (Lipinski definition) is 1. The zero-order chi connectivity index (χ0) is 13.7. The molecule has 0 aromatic heterocycles. The molecule has 3 heteroatoms. The maximum absolute atomic E-state index is 9.12. The molecule has 2 aromatic carbocycles. The van der Waals surface area contributed by atoms with Crippen LogP contribution in [0.1, 0.15) is 23.6 Å². The van der Waals surface area contributed by atoms with Crippen molar-refractivity contribution in [3.05, 3.63) is 59.2 Å². The fourth-order valence-electron chi connectivity index (χ4n) is 1.89. The number of aryl methyl sites for hydroxylation is 1. The minimum absolute atomic E-state index is 0.473. The van der Waals surface area contributed by atoms with Crippen molar-refractivity contribution in [3.8, 4) is 12.1 Å². The first kappa shape index (κ1) is 12.7. The van der Waals surface area contributed by atoms with Gasteiger partial charge >= 0.3 is 0 Å². The van der Waals surface area contributed by atoms with Gasteiger partial charge in [-0.1, -0.05) is 25.1 Å². The molecule has 0 aliphatic carbocycles. The lowest BCUT2D eigenvalue weighted by atomic mass is 10.1. The first-order valence-corrected chi connectivity index (χ1v) is 6.07. The number of nitrogens with zero attached hydrogens (tertiary/aromatic N) is 2. The molecule has 0 amide bonds. The van der Waals surface area contributed by atoms with Crippen LogP contribution in [0.5, 0.6) is 0 Å². The minimum Gasteiger partial charge on any atom is -0.353 e. The molecule has 0 bridgehead atoms. The summed E-state index contributed by atoms with van der Waals surface area (Å²) in [6.07, 6.45) is 0.945. The number of hydrogen-bond acceptors (Lipinski definition) is 3. The fraction of sp³-hybridized carbons (Fsp3) is 0.125. The van der Waals surface area contributed by atoms with Crippen molar-refractivity contribution in [2.45, 2.75) is 13.3 Å². The molecular weight excluding hydrogens is 234 g/mol. The van der Waals surface area contributed by atoms with E-state index in [1.54, 1.807) is 18.2 Å². The molecule has 0 atom stereocenters. The highest BCUT2D eigenvalue weighted by Gasteiger charge is 2.08. The summed E-state index contributed by atoms with van der Waals surface area (Å²) in [6.45, 7) is 2.09. The Morgan fingerprint density at radius 3 is 2.21 bits per heavy atom. The maximum atomic E-state index is 9.12. The summed E-state index contributed by atoms with van der Waals surface area (Å²) in [7, 11) is 0. The standard InChI is InChI=1S/C16H13N3/c1-2-12-5-3-8-15(9-12)19-16-13(10-17)6-4-7-14(16)11-18/h3-9,19H,2H2,1H3. The van der Waals surface area contributed by atoms with Crippen molar-refractivity contribution >= 4 is 11.4 Å². The summed E-state index contributed by atoms with van der Waals surface area (Å²) >= 11 is 0. The third kappa shape index (κ3) is 2.73. The van der Waals surface area contributed by atoms with E-state index in [0.717, 1.165) is 12.1 Å². The van der Waals surface area contributed by atoms with Gasteiger partial charge in [0.05, 0.1) is 16.8 Å². The number of rotatable bonds is 3. The molecule has 3 nitrogen and oxygen atoms in total. The van der Waals surface area contributed by atoms with Gasteiger partial charge in [0.2, 0.25) is 0 Å². The van der Waals surface area contributed by atoms with E-state index in [2.05, 4.69) is 24.4 Å².